The summed E-state index contributed by atoms with van der Waals surface area (Å²) < 4.78 is 0. The van der Waals surface area contributed by atoms with Crippen molar-refractivity contribution in [2.24, 2.45) is 23.2 Å². The van der Waals surface area contributed by atoms with Crippen molar-refractivity contribution < 1.29 is 15.3 Å². The molecule has 0 aromatic rings. The summed E-state index contributed by atoms with van der Waals surface area (Å²) in [5.41, 5.74) is 3.17. The number of fused-ring (bicyclic) bond motifs is 1. The van der Waals surface area contributed by atoms with Gasteiger partial charge < -0.3 is 15.3 Å². The van der Waals surface area contributed by atoms with Crippen LogP contribution in [0.15, 0.2) is 35.5 Å². The van der Waals surface area contributed by atoms with Crippen LogP contribution in [0.3, 0.4) is 0 Å². The summed E-state index contributed by atoms with van der Waals surface area (Å²) in [4.78, 5) is 0. The third-order valence-corrected chi connectivity index (χ3v) is 8.44. The summed E-state index contributed by atoms with van der Waals surface area (Å²) in [6.45, 7) is 12.8. The molecule has 0 heterocycles. The Hall–Kier alpha value is -0.900. The van der Waals surface area contributed by atoms with Gasteiger partial charge in [0.1, 0.15) is 0 Å². The molecular formula is C27H44O3. The van der Waals surface area contributed by atoms with Crippen molar-refractivity contribution >= 4 is 0 Å². The average Bonchev–Trinajstić information content (AvgIpc) is 3.00. The molecule has 170 valence electrons. The Morgan fingerprint density at radius 2 is 1.97 bits per heavy atom. The van der Waals surface area contributed by atoms with Crippen molar-refractivity contribution in [3.63, 3.8) is 0 Å². The fourth-order valence-electron chi connectivity index (χ4n) is 6.74. The van der Waals surface area contributed by atoms with Crippen LogP contribution in [0.2, 0.25) is 0 Å². The van der Waals surface area contributed by atoms with Crippen LogP contribution in [0.1, 0.15) is 91.9 Å². The monoisotopic (exact) mass is 416 g/mol. The summed E-state index contributed by atoms with van der Waals surface area (Å²) in [5, 5.41) is 30.2. The lowest BCUT2D eigenvalue weighted by molar-refractivity contribution is 0.0596. The van der Waals surface area contributed by atoms with Gasteiger partial charge in [-0.15, -0.1) is 0 Å². The quantitative estimate of drug-likeness (QED) is 0.520. The molecular weight excluding hydrogens is 372 g/mol. The van der Waals surface area contributed by atoms with Crippen LogP contribution in [0.4, 0.5) is 0 Å². The SMILES string of the molecule is C=C1/C(=C\C=C2/CCCC3(C)[C@@H]([C@H](C)CCCC(C)(C)O)CC[C@@H]23)C[C@@H](O)CC1O. The molecule has 3 rings (SSSR count). The first kappa shape index (κ1) is 23.8. The number of rotatable bonds is 6. The van der Waals surface area contributed by atoms with Crippen LogP contribution in [-0.4, -0.2) is 33.1 Å². The lowest BCUT2D eigenvalue weighted by Gasteiger charge is -2.44. The van der Waals surface area contributed by atoms with Crippen LogP contribution in [0, 0.1) is 23.2 Å². The fraction of sp³-hybridized carbons (Fsp3) is 0.778. The highest BCUT2D eigenvalue weighted by Gasteiger charge is 2.50. The molecule has 3 aliphatic carbocycles. The molecule has 0 aliphatic heterocycles. The van der Waals surface area contributed by atoms with Gasteiger partial charge in [0.15, 0.2) is 0 Å². The lowest BCUT2D eigenvalue weighted by Crippen LogP contribution is -2.36. The third-order valence-electron chi connectivity index (χ3n) is 8.44. The Morgan fingerprint density at radius 3 is 2.67 bits per heavy atom. The molecule has 3 aliphatic rings. The topological polar surface area (TPSA) is 60.7 Å². The van der Waals surface area contributed by atoms with Gasteiger partial charge in [0.2, 0.25) is 0 Å². The molecule has 2 unspecified atom stereocenters. The molecule has 6 atom stereocenters. The normalized spacial score (nSPS) is 38.8. The summed E-state index contributed by atoms with van der Waals surface area (Å²) >= 11 is 0. The van der Waals surface area contributed by atoms with Crippen molar-refractivity contribution in [1.82, 2.24) is 0 Å². The second-order valence-electron chi connectivity index (χ2n) is 11.3. The third kappa shape index (κ3) is 5.29. The molecule has 3 saturated carbocycles. The predicted molar refractivity (Wildman–Crippen MR) is 124 cm³/mol. The first-order valence-corrected chi connectivity index (χ1v) is 12.2. The van der Waals surface area contributed by atoms with E-state index in [0.717, 1.165) is 29.9 Å². The van der Waals surface area contributed by atoms with Gasteiger partial charge in [-0.05, 0) is 93.1 Å². The molecule has 30 heavy (non-hydrogen) atoms. The van der Waals surface area contributed by atoms with Crippen LogP contribution < -0.4 is 0 Å². The molecule has 0 amide bonds. The Morgan fingerprint density at radius 1 is 1.23 bits per heavy atom. The van der Waals surface area contributed by atoms with Gasteiger partial charge in [0.25, 0.3) is 0 Å². The first-order valence-electron chi connectivity index (χ1n) is 12.2. The largest absolute Gasteiger partial charge is 0.393 e. The van der Waals surface area contributed by atoms with Gasteiger partial charge in [0.05, 0.1) is 17.8 Å². The first-order chi connectivity index (χ1) is 14.0. The Labute approximate surface area is 184 Å². The summed E-state index contributed by atoms with van der Waals surface area (Å²) in [6, 6.07) is 0. The maximum absolute atomic E-state index is 10.1. The highest BCUT2D eigenvalue weighted by atomic mass is 16.3. The standard InChI is InChI=1S/C27H44O3/c1-18(8-6-14-26(3,4)30)23-12-13-24-20(9-7-15-27(23,24)5)10-11-21-16-22(28)17-25(29)19(21)2/h10-11,18,22-25,28-30H,2,6-9,12-17H2,1,3-5H3/b20-10+,21-11-/t18-,22-,23-,24+,25?,27?/m1/s1. The zero-order chi connectivity index (χ0) is 22.1. The molecule has 0 radical (unpaired) electrons. The van der Waals surface area contributed by atoms with Gasteiger partial charge in [-0.2, -0.15) is 0 Å². The van der Waals surface area contributed by atoms with E-state index in [9.17, 15) is 15.3 Å². The highest BCUT2D eigenvalue weighted by molar-refractivity contribution is 5.38. The number of hydrogen-bond donors (Lipinski definition) is 3. The van der Waals surface area contributed by atoms with E-state index in [1.807, 2.05) is 13.8 Å². The van der Waals surface area contributed by atoms with E-state index in [2.05, 4.69) is 32.6 Å². The number of aliphatic hydroxyl groups excluding tert-OH is 2. The van der Waals surface area contributed by atoms with E-state index < -0.39 is 17.8 Å². The Kier molecular flexibility index (Phi) is 7.37. The van der Waals surface area contributed by atoms with Gasteiger partial charge in [0, 0.05) is 6.42 Å². The van der Waals surface area contributed by atoms with Crippen molar-refractivity contribution in [1.29, 1.82) is 0 Å². The van der Waals surface area contributed by atoms with Crippen LogP contribution in [-0.2, 0) is 0 Å². The molecule has 0 saturated heterocycles. The minimum atomic E-state index is -0.615. The smallest absolute Gasteiger partial charge is 0.0811 e. The molecule has 0 spiro atoms. The van der Waals surface area contributed by atoms with Gasteiger partial charge in [-0.25, -0.2) is 0 Å². The van der Waals surface area contributed by atoms with Crippen molar-refractivity contribution in [2.75, 3.05) is 0 Å². The maximum atomic E-state index is 10.1. The molecule has 3 nitrogen and oxygen atoms in total. The minimum Gasteiger partial charge on any atom is -0.393 e. The molecule has 0 aromatic carbocycles. The number of hydrogen-bond acceptors (Lipinski definition) is 3. The van der Waals surface area contributed by atoms with E-state index >= 15 is 0 Å². The average molecular weight is 417 g/mol. The molecule has 3 N–H and O–H groups in total. The predicted octanol–water partition coefficient (Wildman–Crippen LogP) is 5.70. The van der Waals surface area contributed by atoms with Gasteiger partial charge >= 0.3 is 0 Å². The summed E-state index contributed by atoms with van der Waals surface area (Å²) in [5.74, 6) is 2.11. The second-order valence-corrected chi connectivity index (χ2v) is 11.3. The second kappa shape index (κ2) is 9.30. The van der Waals surface area contributed by atoms with E-state index in [-0.39, 0.29) is 0 Å². The van der Waals surface area contributed by atoms with Crippen LogP contribution >= 0.6 is 0 Å². The molecule has 3 fully saturated rings. The van der Waals surface area contributed by atoms with Gasteiger partial charge in [-0.3, -0.25) is 0 Å². The van der Waals surface area contributed by atoms with E-state index in [4.69, 9.17) is 0 Å². The molecule has 0 bridgehead atoms. The van der Waals surface area contributed by atoms with Crippen molar-refractivity contribution in [2.45, 2.75) is 110 Å². The van der Waals surface area contributed by atoms with Crippen LogP contribution in [0.25, 0.3) is 0 Å². The van der Waals surface area contributed by atoms with Crippen molar-refractivity contribution in [3.05, 3.63) is 35.5 Å². The van der Waals surface area contributed by atoms with Crippen molar-refractivity contribution in [3.8, 4) is 0 Å². The minimum absolute atomic E-state index is 0.374. The van der Waals surface area contributed by atoms with E-state index in [1.165, 1.54) is 38.5 Å². The number of aliphatic hydroxyl groups is 3. The highest BCUT2D eigenvalue weighted by Crippen LogP contribution is 2.60. The van der Waals surface area contributed by atoms with Gasteiger partial charge in [-0.1, -0.05) is 51.0 Å². The fourth-order valence-corrected chi connectivity index (χ4v) is 6.74. The zero-order valence-corrected chi connectivity index (χ0v) is 19.7. The Balaban J connectivity index is 1.70. The maximum Gasteiger partial charge on any atom is 0.0811 e. The van der Waals surface area contributed by atoms with E-state index in [0.29, 0.717) is 30.1 Å². The molecule has 0 aromatic heterocycles. The number of allylic oxidation sites excluding steroid dienone is 3. The summed E-state index contributed by atoms with van der Waals surface area (Å²) in [7, 11) is 0. The summed E-state index contributed by atoms with van der Waals surface area (Å²) in [6.07, 6.45) is 13.9. The molecule has 3 heteroatoms. The lowest BCUT2D eigenvalue weighted by atomic mass is 9.60. The zero-order valence-electron chi connectivity index (χ0n) is 19.7. The van der Waals surface area contributed by atoms with Crippen LogP contribution in [0.5, 0.6) is 0 Å². The Bertz CT molecular complexity index is 683. The van der Waals surface area contributed by atoms with E-state index in [1.54, 1.807) is 5.57 Å².